The zero-order chi connectivity index (χ0) is 16.2. The summed E-state index contributed by atoms with van der Waals surface area (Å²) < 4.78 is 38.1. The molecule has 1 saturated carbocycles. The van der Waals surface area contributed by atoms with Gasteiger partial charge in [0.15, 0.2) is 0 Å². The lowest BCUT2D eigenvalue weighted by atomic mass is 10.0. The van der Waals surface area contributed by atoms with Crippen molar-refractivity contribution in [2.24, 2.45) is 11.8 Å². The minimum atomic E-state index is -4.44. The molecule has 0 radical (unpaired) electrons. The van der Waals surface area contributed by atoms with Crippen LogP contribution < -0.4 is 0 Å². The van der Waals surface area contributed by atoms with Crippen molar-refractivity contribution in [2.75, 3.05) is 6.54 Å². The third-order valence-corrected chi connectivity index (χ3v) is 4.15. The summed E-state index contributed by atoms with van der Waals surface area (Å²) in [6.45, 7) is 2.24. The predicted molar refractivity (Wildman–Crippen MR) is 70.6 cm³/mol. The van der Waals surface area contributed by atoms with E-state index in [0.717, 1.165) is 4.90 Å². The average Bonchev–Trinajstić information content (AvgIpc) is 2.86. The van der Waals surface area contributed by atoms with Crippen molar-refractivity contribution in [3.05, 3.63) is 0 Å². The normalized spacial score (nSPS) is 22.6. The van der Waals surface area contributed by atoms with E-state index in [0.29, 0.717) is 25.7 Å². The van der Waals surface area contributed by atoms with Crippen LogP contribution in [-0.4, -0.2) is 40.6 Å². The monoisotopic (exact) mass is 309 g/mol. The van der Waals surface area contributed by atoms with Crippen molar-refractivity contribution in [2.45, 2.75) is 58.2 Å². The lowest BCUT2D eigenvalue weighted by Gasteiger charge is -2.33. The number of alkyl halides is 3. The van der Waals surface area contributed by atoms with Gasteiger partial charge in [-0.25, -0.2) is 0 Å². The number of aliphatic carboxylic acids is 1. The zero-order valence-corrected chi connectivity index (χ0v) is 12.3. The Balaban J connectivity index is 2.83. The molecular formula is C14H22F3NO3. The Morgan fingerprint density at radius 1 is 1.19 bits per heavy atom. The Morgan fingerprint density at radius 2 is 1.71 bits per heavy atom. The molecule has 1 aliphatic rings. The fourth-order valence-corrected chi connectivity index (χ4v) is 2.97. The van der Waals surface area contributed by atoms with Gasteiger partial charge in [0.25, 0.3) is 0 Å². The highest BCUT2D eigenvalue weighted by molar-refractivity contribution is 5.81. The van der Waals surface area contributed by atoms with Gasteiger partial charge in [-0.3, -0.25) is 9.59 Å². The van der Waals surface area contributed by atoms with E-state index in [1.54, 1.807) is 13.8 Å². The fraction of sp³-hybridized carbons (Fsp3) is 0.857. The number of nitrogens with zero attached hydrogens (tertiary/aromatic N) is 1. The third kappa shape index (κ3) is 4.89. The van der Waals surface area contributed by atoms with Crippen LogP contribution in [-0.2, 0) is 9.59 Å². The van der Waals surface area contributed by atoms with E-state index in [1.165, 1.54) is 0 Å². The molecule has 0 bridgehead atoms. The molecule has 7 heteroatoms. The third-order valence-electron chi connectivity index (χ3n) is 4.15. The molecule has 122 valence electrons. The summed E-state index contributed by atoms with van der Waals surface area (Å²) in [5, 5.41) is 8.93. The lowest BCUT2D eigenvalue weighted by molar-refractivity contribution is -0.168. The van der Waals surface area contributed by atoms with Gasteiger partial charge in [-0.15, -0.1) is 0 Å². The number of carboxylic acid groups (broad SMARTS) is 1. The molecule has 1 amide bonds. The molecular weight excluding hydrogens is 287 g/mol. The van der Waals surface area contributed by atoms with Gasteiger partial charge in [0.05, 0.1) is 5.92 Å². The number of halogens is 3. The molecule has 1 rings (SSSR count). The molecule has 0 spiro atoms. The maximum atomic E-state index is 12.7. The number of carbonyl (C=O) groups excluding carboxylic acids is 1. The Kier molecular flexibility index (Phi) is 6.04. The van der Waals surface area contributed by atoms with Gasteiger partial charge in [0, 0.05) is 12.0 Å². The van der Waals surface area contributed by atoms with Gasteiger partial charge in [-0.05, 0) is 32.1 Å². The standard InChI is InChI=1S/C14H22F3NO3/c1-3-11(4-2)18(8-14(15,16)17)12(19)9-5-6-10(7-9)13(20)21/h9-11H,3-8H2,1-2H3,(H,20,21)/t9-,10+/m1/s1. The van der Waals surface area contributed by atoms with Crippen molar-refractivity contribution in [1.82, 2.24) is 4.90 Å². The van der Waals surface area contributed by atoms with Gasteiger partial charge in [0.1, 0.15) is 6.54 Å². The summed E-state index contributed by atoms with van der Waals surface area (Å²) in [6, 6.07) is -0.456. The maximum absolute atomic E-state index is 12.7. The van der Waals surface area contributed by atoms with Gasteiger partial charge in [0.2, 0.25) is 5.91 Å². The van der Waals surface area contributed by atoms with Crippen molar-refractivity contribution < 1.29 is 27.9 Å². The first-order chi connectivity index (χ1) is 9.69. The van der Waals surface area contributed by atoms with E-state index in [4.69, 9.17) is 5.11 Å². The maximum Gasteiger partial charge on any atom is 0.406 e. The Bertz CT molecular complexity index is 380. The van der Waals surface area contributed by atoms with Gasteiger partial charge in [-0.1, -0.05) is 13.8 Å². The first-order valence-corrected chi connectivity index (χ1v) is 7.29. The van der Waals surface area contributed by atoms with Crippen molar-refractivity contribution in [1.29, 1.82) is 0 Å². The van der Waals surface area contributed by atoms with Crippen LogP contribution in [0.15, 0.2) is 0 Å². The molecule has 1 aliphatic carbocycles. The molecule has 1 fully saturated rings. The number of rotatable bonds is 6. The fourth-order valence-electron chi connectivity index (χ4n) is 2.97. The van der Waals surface area contributed by atoms with Crippen molar-refractivity contribution in [3.63, 3.8) is 0 Å². The molecule has 1 N–H and O–H groups in total. The Morgan fingerprint density at radius 3 is 2.10 bits per heavy atom. The lowest BCUT2D eigenvalue weighted by Crippen LogP contribution is -2.47. The number of carbonyl (C=O) groups is 2. The molecule has 0 heterocycles. The molecule has 0 aliphatic heterocycles. The molecule has 0 aromatic carbocycles. The van der Waals surface area contributed by atoms with E-state index < -0.39 is 42.5 Å². The number of amides is 1. The van der Waals surface area contributed by atoms with Gasteiger partial charge in [-0.2, -0.15) is 13.2 Å². The van der Waals surface area contributed by atoms with E-state index in [1.807, 2.05) is 0 Å². The molecule has 2 atom stereocenters. The SMILES string of the molecule is CCC(CC)N(CC(F)(F)F)C(=O)[C@@H]1CC[C@H](C(=O)O)C1. The average molecular weight is 309 g/mol. The van der Waals surface area contributed by atoms with Gasteiger partial charge < -0.3 is 10.0 Å². The number of hydrogen-bond acceptors (Lipinski definition) is 2. The van der Waals surface area contributed by atoms with Crippen LogP contribution in [0.2, 0.25) is 0 Å². The van der Waals surface area contributed by atoms with Crippen molar-refractivity contribution >= 4 is 11.9 Å². The molecule has 0 unspecified atom stereocenters. The first-order valence-electron chi connectivity index (χ1n) is 7.29. The predicted octanol–water partition coefficient (Wildman–Crippen LogP) is 3.07. The van der Waals surface area contributed by atoms with Crippen molar-refractivity contribution in [3.8, 4) is 0 Å². The first kappa shape index (κ1) is 17.8. The van der Waals surface area contributed by atoms with Crippen LogP contribution in [0.3, 0.4) is 0 Å². The second-order valence-corrected chi connectivity index (χ2v) is 5.60. The highest BCUT2D eigenvalue weighted by Gasteiger charge is 2.41. The number of hydrogen-bond donors (Lipinski definition) is 1. The Labute approximate surface area is 122 Å². The summed E-state index contributed by atoms with van der Waals surface area (Å²) in [6.07, 6.45) is -2.69. The highest BCUT2D eigenvalue weighted by atomic mass is 19.4. The molecule has 0 aromatic rings. The minimum absolute atomic E-state index is 0.142. The summed E-state index contributed by atoms with van der Waals surface area (Å²) >= 11 is 0. The van der Waals surface area contributed by atoms with Crippen LogP contribution in [0, 0.1) is 11.8 Å². The quantitative estimate of drug-likeness (QED) is 0.820. The molecule has 0 aromatic heterocycles. The summed E-state index contributed by atoms with van der Waals surface area (Å²) in [7, 11) is 0. The van der Waals surface area contributed by atoms with Crippen LogP contribution in [0.5, 0.6) is 0 Å². The number of carboxylic acids is 1. The summed E-state index contributed by atoms with van der Waals surface area (Å²) in [4.78, 5) is 24.2. The smallest absolute Gasteiger partial charge is 0.406 e. The summed E-state index contributed by atoms with van der Waals surface area (Å²) in [5.74, 6) is -2.75. The van der Waals surface area contributed by atoms with Gasteiger partial charge >= 0.3 is 12.1 Å². The molecule has 4 nitrogen and oxygen atoms in total. The second-order valence-electron chi connectivity index (χ2n) is 5.60. The van der Waals surface area contributed by atoms with Crippen LogP contribution in [0.4, 0.5) is 13.2 Å². The van der Waals surface area contributed by atoms with Crippen LogP contribution in [0.1, 0.15) is 46.0 Å². The summed E-state index contributed by atoms with van der Waals surface area (Å²) in [5.41, 5.74) is 0. The second kappa shape index (κ2) is 7.13. The Hall–Kier alpha value is -1.27. The van der Waals surface area contributed by atoms with E-state index >= 15 is 0 Å². The van der Waals surface area contributed by atoms with E-state index in [2.05, 4.69) is 0 Å². The molecule has 0 saturated heterocycles. The van der Waals surface area contributed by atoms with Crippen LogP contribution in [0.25, 0.3) is 0 Å². The minimum Gasteiger partial charge on any atom is -0.481 e. The van der Waals surface area contributed by atoms with Crippen LogP contribution >= 0.6 is 0 Å². The zero-order valence-electron chi connectivity index (χ0n) is 12.3. The van der Waals surface area contributed by atoms with E-state index in [-0.39, 0.29) is 6.42 Å². The van der Waals surface area contributed by atoms with E-state index in [9.17, 15) is 22.8 Å². The largest absolute Gasteiger partial charge is 0.481 e. The molecule has 21 heavy (non-hydrogen) atoms. The topological polar surface area (TPSA) is 57.6 Å². The highest BCUT2D eigenvalue weighted by Crippen LogP contribution is 2.34.